The number of nitrogens with zero attached hydrogens (tertiary/aromatic N) is 2. The number of sulfonamides is 1. The molecule has 0 aliphatic heterocycles. The van der Waals surface area contributed by atoms with E-state index >= 15 is 0 Å². The summed E-state index contributed by atoms with van der Waals surface area (Å²) in [6.07, 6.45) is -1.23. The zero-order valence-corrected chi connectivity index (χ0v) is 16.7. The van der Waals surface area contributed by atoms with Crippen LogP contribution in [0.4, 0.5) is 8.78 Å². The zero-order chi connectivity index (χ0) is 20.9. The van der Waals surface area contributed by atoms with Crippen LogP contribution in [0.25, 0.3) is 27.4 Å². The number of rotatable bonds is 4. The molecule has 0 bridgehead atoms. The van der Waals surface area contributed by atoms with Gasteiger partial charge >= 0.3 is 0 Å². The van der Waals surface area contributed by atoms with E-state index in [4.69, 9.17) is 5.14 Å². The first-order valence-electron chi connectivity index (χ1n) is 8.37. The third kappa shape index (κ3) is 3.43. The van der Waals surface area contributed by atoms with Gasteiger partial charge in [0.1, 0.15) is 5.69 Å². The molecule has 0 amide bonds. The van der Waals surface area contributed by atoms with Gasteiger partial charge in [-0.3, -0.25) is 4.21 Å². The second-order valence-corrected chi connectivity index (χ2v) is 9.38. The lowest BCUT2D eigenvalue weighted by Crippen LogP contribution is -2.12. The summed E-state index contributed by atoms with van der Waals surface area (Å²) in [4.78, 5) is 0.529. The van der Waals surface area contributed by atoms with E-state index in [1.807, 2.05) is 0 Å². The Kier molecular flexibility index (Phi) is 4.72. The summed E-state index contributed by atoms with van der Waals surface area (Å²) in [5.74, 6) is 0. The smallest absolute Gasteiger partial charge is 0.255 e. The van der Waals surface area contributed by atoms with Gasteiger partial charge in [0.2, 0.25) is 10.0 Å². The molecular weight excluding hydrogens is 420 g/mol. The third-order valence-corrected chi connectivity index (χ3v) is 6.45. The maximum absolute atomic E-state index is 13.6. The molecule has 0 saturated carbocycles. The number of fused-ring (bicyclic) bond motifs is 3. The number of aromatic nitrogens is 2. The predicted molar refractivity (Wildman–Crippen MR) is 107 cm³/mol. The van der Waals surface area contributed by atoms with Gasteiger partial charge in [0.15, 0.2) is 0 Å². The first-order valence-corrected chi connectivity index (χ1v) is 11.5. The predicted octanol–water partition coefficient (Wildman–Crippen LogP) is 3.50. The van der Waals surface area contributed by atoms with Crippen LogP contribution in [-0.4, -0.2) is 28.7 Å². The lowest BCUT2D eigenvalue weighted by molar-refractivity contribution is 0.147. The minimum atomic E-state index is -3.88. The second kappa shape index (κ2) is 6.97. The summed E-state index contributed by atoms with van der Waals surface area (Å²) in [6, 6.07) is 13.9. The summed E-state index contributed by atoms with van der Waals surface area (Å²) in [5.41, 5.74) is 0.486. The quantitative estimate of drug-likeness (QED) is 0.531. The molecule has 1 heterocycles. The van der Waals surface area contributed by atoms with Crippen LogP contribution in [0.5, 0.6) is 0 Å². The molecule has 1 atom stereocenters. The molecule has 4 aromatic rings. The Labute approximate surface area is 167 Å². The standard InChI is InChI=1S/C19H15F2N3O3S2/c1-28(25)13-5-9-15-11(10-13)2-8-16-17(19(20)21)23-24(18(15)16)12-3-6-14(7-4-12)29(22,26)27/h2-10,19H,1H3,(H2,22,26,27). The lowest BCUT2D eigenvalue weighted by Gasteiger charge is -2.08. The fraction of sp³-hybridized carbons (Fsp3) is 0.105. The minimum Gasteiger partial charge on any atom is -0.255 e. The van der Waals surface area contributed by atoms with Crippen LogP contribution in [0.2, 0.25) is 0 Å². The Bertz CT molecular complexity index is 1380. The molecular formula is C19H15F2N3O3S2. The molecule has 6 nitrogen and oxygen atoms in total. The molecule has 0 spiro atoms. The van der Waals surface area contributed by atoms with Crippen LogP contribution in [0.1, 0.15) is 12.1 Å². The van der Waals surface area contributed by atoms with Gasteiger partial charge in [-0.25, -0.2) is 27.0 Å². The van der Waals surface area contributed by atoms with Crippen LogP contribution in [0.3, 0.4) is 0 Å². The van der Waals surface area contributed by atoms with Crippen molar-refractivity contribution in [3.63, 3.8) is 0 Å². The third-order valence-electron chi connectivity index (χ3n) is 4.61. The first kappa shape index (κ1) is 19.6. The summed E-state index contributed by atoms with van der Waals surface area (Å²) >= 11 is 0. The van der Waals surface area contributed by atoms with Gasteiger partial charge in [-0.1, -0.05) is 18.2 Å². The van der Waals surface area contributed by atoms with Gasteiger partial charge in [0.25, 0.3) is 6.43 Å². The normalized spacial score (nSPS) is 13.4. The molecule has 29 heavy (non-hydrogen) atoms. The van der Waals surface area contributed by atoms with Crippen LogP contribution >= 0.6 is 0 Å². The lowest BCUT2D eigenvalue weighted by atomic mass is 10.1. The van der Waals surface area contributed by atoms with E-state index < -0.39 is 27.2 Å². The molecule has 3 aromatic carbocycles. The van der Waals surface area contributed by atoms with Crippen molar-refractivity contribution >= 4 is 42.5 Å². The molecule has 0 saturated heterocycles. The van der Waals surface area contributed by atoms with Crippen LogP contribution in [0.15, 0.2) is 64.4 Å². The van der Waals surface area contributed by atoms with Gasteiger partial charge in [-0.15, -0.1) is 0 Å². The highest BCUT2D eigenvalue weighted by Gasteiger charge is 2.21. The number of primary sulfonamides is 1. The highest BCUT2D eigenvalue weighted by molar-refractivity contribution is 7.89. The average Bonchev–Trinajstić information content (AvgIpc) is 3.07. The maximum Gasteiger partial charge on any atom is 0.282 e. The van der Waals surface area contributed by atoms with Crippen molar-refractivity contribution in [1.29, 1.82) is 0 Å². The van der Waals surface area contributed by atoms with Gasteiger partial charge in [-0.2, -0.15) is 5.10 Å². The van der Waals surface area contributed by atoms with Crippen molar-refractivity contribution in [3.8, 4) is 5.69 Å². The SMILES string of the molecule is CS(=O)c1ccc2c(ccc3c(C(F)F)nn(-c4ccc(S(N)(=O)=O)cc4)c32)c1. The van der Waals surface area contributed by atoms with Crippen molar-refractivity contribution in [2.24, 2.45) is 5.14 Å². The highest BCUT2D eigenvalue weighted by Crippen LogP contribution is 2.34. The van der Waals surface area contributed by atoms with Gasteiger partial charge in [0, 0.05) is 32.7 Å². The Morgan fingerprint density at radius 2 is 1.69 bits per heavy atom. The van der Waals surface area contributed by atoms with E-state index in [1.165, 1.54) is 28.9 Å². The average molecular weight is 435 g/mol. The molecule has 0 aliphatic rings. The molecule has 1 unspecified atom stereocenters. The van der Waals surface area contributed by atoms with E-state index in [-0.39, 0.29) is 16.0 Å². The molecule has 0 radical (unpaired) electrons. The number of alkyl halides is 2. The van der Waals surface area contributed by atoms with Crippen molar-refractivity contribution in [2.75, 3.05) is 6.26 Å². The van der Waals surface area contributed by atoms with Crippen molar-refractivity contribution in [3.05, 3.63) is 60.3 Å². The largest absolute Gasteiger partial charge is 0.282 e. The minimum absolute atomic E-state index is 0.0910. The van der Waals surface area contributed by atoms with Crippen LogP contribution in [0, 0.1) is 0 Å². The Morgan fingerprint density at radius 1 is 1.03 bits per heavy atom. The van der Waals surface area contributed by atoms with Crippen molar-refractivity contribution < 1.29 is 21.4 Å². The Balaban J connectivity index is 2.03. The van der Waals surface area contributed by atoms with Gasteiger partial charge in [-0.05, 0) is 41.8 Å². The molecule has 10 heteroatoms. The van der Waals surface area contributed by atoms with Gasteiger partial charge in [0.05, 0.1) is 16.1 Å². The maximum atomic E-state index is 13.6. The number of hydrogen-bond donors (Lipinski definition) is 1. The molecule has 1 aromatic heterocycles. The second-order valence-electron chi connectivity index (χ2n) is 6.44. The van der Waals surface area contributed by atoms with E-state index in [1.54, 1.807) is 36.6 Å². The van der Waals surface area contributed by atoms with E-state index in [2.05, 4.69) is 5.10 Å². The first-order chi connectivity index (χ1) is 13.7. The number of halogens is 2. The fourth-order valence-corrected chi connectivity index (χ4v) is 4.31. The van der Waals surface area contributed by atoms with E-state index in [0.29, 0.717) is 21.5 Å². The monoisotopic (exact) mass is 435 g/mol. The topological polar surface area (TPSA) is 95.0 Å². The van der Waals surface area contributed by atoms with E-state index in [0.717, 1.165) is 5.39 Å². The summed E-state index contributed by atoms with van der Waals surface area (Å²) in [5, 5.41) is 10.9. The van der Waals surface area contributed by atoms with Crippen LogP contribution < -0.4 is 5.14 Å². The van der Waals surface area contributed by atoms with E-state index in [9.17, 15) is 21.4 Å². The molecule has 0 fully saturated rings. The summed E-state index contributed by atoms with van der Waals surface area (Å²) in [6.45, 7) is 0. The molecule has 4 rings (SSSR count). The number of benzene rings is 3. The van der Waals surface area contributed by atoms with Crippen molar-refractivity contribution in [1.82, 2.24) is 9.78 Å². The van der Waals surface area contributed by atoms with Crippen molar-refractivity contribution in [2.45, 2.75) is 16.2 Å². The Hall–Kier alpha value is -2.69. The zero-order valence-electron chi connectivity index (χ0n) is 15.0. The summed E-state index contributed by atoms with van der Waals surface area (Å²) < 4.78 is 63.3. The number of hydrogen-bond acceptors (Lipinski definition) is 4. The van der Waals surface area contributed by atoms with Crippen LogP contribution in [-0.2, 0) is 20.8 Å². The number of nitrogens with two attached hydrogens (primary N) is 1. The fourth-order valence-electron chi connectivity index (χ4n) is 3.24. The Morgan fingerprint density at radius 3 is 2.28 bits per heavy atom. The molecule has 2 N–H and O–H groups in total. The summed E-state index contributed by atoms with van der Waals surface area (Å²) in [7, 11) is -5.06. The molecule has 150 valence electrons. The van der Waals surface area contributed by atoms with Gasteiger partial charge < -0.3 is 0 Å². The molecule has 0 aliphatic carbocycles. The highest BCUT2D eigenvalue weighted by atomic mass is 32.2.